The third-order valence-corrected chi connectivity index (χ3v) is 3.82. The first-order valence-electron chi connectivity index (χ1n) is 7.75. The third-order valence-electron chi connectivity index (χ3n) is 3.82. The van der Waals surface area contributed by atoms with E-state index in [0.29, 0.717) is 34.1 Å². The molecule has 0 unspecified atom stereocenters. The minimum atomic E-state index is -0.333. The van der Waals surface area contributed by atoms with Crippen LogP contribution in [0.4, 0.5) is 10.3 Å². The zero-order valence-electron chi connectivity index (χ0n) is 14.5. The molecule has 0 bridgehead atoms. The van der Waals surface area contributed by atoms with Gasteiger partial charge in [-0.3, -0.25) is 4.79 Å². The van der Waals surface area contributed by atoms with E-state index >= 15 is 0 Å². The number of fused-ring (bicyclic) bond motifs is 1. The van der Waals surface area contributed by atoms with Crippen molar-refractivity contribution < 1.29 is 9.18 Å². The number of nitrogens with zero attached hydrogens (tertiary/aromatic N) is 5. The highest BCUT2D eigenvalue weighted by Crippen LogP contribution is 2.16. The van der Waals surface area contributed by atoms with Crippen molar-refractivity contribution in [3.05, 3.63) is 47.3 Å². The van der Waals surface area contributed by atoms with Gasteiger partial charge in [0.15, 0.2) is 0 Å². The molecule has 3 aromatic rings. The lowest BCUT2D eigenvalue weighted by Crippen LogP contribution is -2.28. The van der Waals surface area contributed by atoms with Gasteiger partial charge in [0.1, 0.15) is 11.6 Å². The molecule has 25 heavy (non-hydrogen) atoms. The quantitative estimate of drug-likeness (QED) is 0.786. The standard InChI is InChI=1S/C17H19FN6O/c1-10-12(8-19-17(20-10)23(2)3)16(25)24(4)9-15-21-13-6-5-11(18)7-14(13)22-15/h5-8H,9H2,1-4H3,(H,21,22). The highest BCUT2D eigenvalue weighted by molar-refractivity contribution is 5.94. The molecular weight excluding hydrogens is 323 g/mol. The second kappa shape index (κ2) is 6.46. The van der Waals surface area contributed by atoms with E-state index in [1.165, 1.54) is 23.2 Å². The van der Waals surface area contributed by atoms with Crippen LogP contribution in [0.2, 0.25) is 0 Å². The van der Waals surface area contributed by atoms with E-state index in [4.69, 9.17) is 0 Å². The lowest BCUT2D eigenvalue weighted by atomic mass is 10.2. The zero-order valence-corrected chi connectivity index (χ0v) is 14.5. The number of carbonyl (C=O) groups excluding carboxylic acids is 1. The number of anilines is 1. The highest BCUT2D eigenvalue weighted by atomic mass is 19.1. The Hall–Kier alpha value is -3.03. The van der Waals surface area contributed by atoms with Gasteiger partial charge in [0, 0.05) is 27.3 Å². The SMILES string of the molecule is Cc1nc(N(C)C)ncc1C(=O)N(C)Cc1nc2ccc(F)cc2[nH]1. The van der Waals surface area contributed by atoms with E-state index < -0.39 is 0 Å². The Morgan fingerprint density at radius 1 is 1.24 bits per heavy atom. The molecule has 130 valence electrons. The first-order chi connectivity index (χ1) is 11.8. The number of carbonyl (C=O) groups is 1. The molecule has 1 aromatic carbocycles. The molecule has 7 nitrogen and oxygen atoms in total. The Balaban J connectivity index is 1.80. The fourth-order valence-corrected chi connectivity index (χ4v) is 2.49. The average molecular weight is 342 g/mol. The third kappa shape index (κ3) is 3.42. The molecule has 3 rings (SSSR count). The summed E-state index contributed by atoms with van der Waals surface area (Å²) in [6, 6.07) is 4.34. The Labute approximate surface area is 144 Å². The summed E-state index contributed by atoms with van der Waals surface area (Å²) in [5.41, 5.74) is 2.32. The summed E-state index contributed by atoms with van der Waals surface area (Å²) >= 11 is 0. The monoisotopic (exact) mass is 342 g/mol. The molecule has 0 aliphatic heterocycles. The van der Waals surface area contributed by atoms with Gasteiger partial charge in [-0.15, -0.1) is 0 Å². The summed E-state index contributed by atoms with van der Waals surface area (Å²) in [5.74, 6) is 0.603. The minimum absolute atomic E-state index is 0.200. The molecule has 0 spiro atoms. The van der Waals surface area contributed by atoms with Crippen molar-refractivity contribution in [1.82, 2.24) is 24.8 Å². The van der Waals surface area contributed by atoms with Crippen LogP contribution in [0.25, 0.3) is 11.0 Å². The maximum absolute atomic E-state index is 13.3. The van der Waals surface area contributed by atoms with E-state index in [0.717, 1.165) is 0 Å². The van der Waals surface area contributed by atoms with E-state index in [2.05, 4.69) is 19.9 Å². The van der Waals surface area contributed by atoms with E-state index in [-0.39, 0.29) is 18.3 Å². The topological polar surface area (TPSA) is 78.0 Å². The van der Waals surface area contributed by atoms with Crippen LogP contribution in [0.1, 0.15) is 21.9 Å². The van der Waals surface area contributed by atoms with Crippen molar-refractivity contribution in [2.24, 2.45) is 0 Å². The van der Waals surface area contributed by atoms with Gasteiger partial charge in [0.25, 0.3) is 5.91 Å². The van der Waals surface area contributed by atoms with Gasteiger partial charge in [-0.1, -0.05) is 0 Å². The second-order valence-electron chi connectivity index (χ2n) is 6.07. The molecule has 0 fully saturated rings. The summed E-state index contributed by atoms with van der Waals surface area (Å²) < 4.78 is 13.3. The predicted octanol–water partition coefficient (Wildman–Crippen LogP) is 2.14. The molecule has 8 heteroatoms. The normalized spacial score (nSPS) is 10.9. The van der Waals surface area contributed by atoms with Crippen LogP contribution in [0, 0.1) is 12.7 Å². The van der Waals surface area contributed by atoms with Gasteiger partial charge in [-0.25, -0.2) is 19.3 Å². The first-order valence-corrected chi connectivity index (χ1v) is 7.75. The molecule has 0 saturated carbocycles. The lowest BCUT2D eigenvalue weighted by Gasteiger charge is -2.17. The molecule has 0 radical (unpaired) electrons. The maximum atomic E-state index is 13.3. The van der Waals surface area contributed by atoms with E-state index in [9.17, 15) is 9.18 Å². The zero-order chi connectivity index (χ0) is 18.1. The van der Waals surface area contributed by atoms with Crippen LogP contribution in [-0.4, -0.2) is 51.9 Å². The van der Waals surface area contributed by atoms with Gasteiger partial charge in [0.05, 0.1) is 28.8 Å². The van der Waals surface area contributed by atoms with Crippen LogP contribution in [-0.2, 0) is 6.54 Å². The number of aryl methyl sites for hydroxylation is 1. The van der Waals surface area contributed by atoms with Crippen molar-refractivity contribution in [3.8, 4) is 0 Å². The largest absolute Gasteiger partial charge is 0.347 e. The van der Waals surface area contributed by atoms with Crippen molar-refractivity contribution in [3.63, 3.8) is 0 Å². The van der Waals surface area contributed by atoms with Crippen LogP contribution in [0.15, 0.2) is 24.4 Å². The number of amides is 1. The Morgan fingerprint density at radius 3 is 2.68 bits per heavy atom. The van der Waals surface area contributed by atoms with Crippen LogP contribution < -0.4 is 4.90 Å². The second-order valence-corrected chi connectivity index (χ2v) is 6.07. The molecule has 0 saturated heterocycles. The van der Waals surface area contributed by atoms with Crippen molar-refractivity contribution in [1.29, 1.82) is 0 Å². The number of nitrogens with one attached hydrogen (secondary N) is 1. The summed E-state index contributed by atoms with van der Waals surface area (Å²) in [6.45, 7) is 2.05. The van der Waals surface area contributed by atoms with Crippen LogP contribution >= 0.6 is 0 Å². The molecule has 0 aliphatic rings. The number of rotatable bonds is 4. The molecule has 2 heterocycles. The van der Waals surface area contributed by atoms with Gasteiger partial charge in [0.2, 0.25) is 5.95 Å². The van der Waals surface area contributed by atoms with Gasteiger partial charge in [-0.2, -0.15) is 0 Å². The summed E-state index contributed by atoms with van der Waals surface area (Å²) in [4.78, 5) is 31.9. The number of benzene rings is 1. The smallest absolute Gasteiger partial charge is 0.257 e. The van der Waals surface area contributed by atoms with Crippen molar-refractivity contribution in [2.45, 2.75) is 13.5 Å². The highest BCUT2D eigenvalue weighted by Gasteiger charge is 2.18. The van der Waals surface area contributed by atoms with Gasteiger partial charge < -0.3 is 14.8 Å². The molecule has 2 aromatic heterocycles. The minimum Gasteiger partial charge on any atom is -0.347 e. The summed E-state index contributed by atoms with van der Waals surface area (Å²) in [5, 5.41) is 0. The first kappa shape index (κ1) is 16.8. The van der Waals surface area contributed by atoms with E-state index in [1.807, 2.05) is 14.1 Å². The van der Waals surface area contributed by atoms with Crippen molar-refractivity contribution in [2.75, 3.05) is 26.0 Å². The Kier molecular flexibility index (Phi) is 4.35. The Bertz CT molecular complexity index is 936. The number of H-pyrrole nitrogens is 1. The molecule has 1 amide bonds. The van der Waals surface area contributed by atoms with Gasteiger partial charge in [-0.05, 0) is 25.1 Å². The molecular formula is C17H19FN6O. The maximum Gasteiger partial charge on any atom is 0.257 e. The van der Waals surface area contributed by atoms with Crippen molar-refractivity contribution >= 4 is 22.9 Å². The number of aromatic amines is 1. The number of hydrogen-bond donors (Lipinski definition) is 1. The van der Waals surface area contributed by atoms with Crippen LogP contribution in [0.5, 0.6) is 0 Å². The number of imidazole rings is 1. The van der Waals surface area contributed by atoms with E-state index in [1.54, 1.807) is 24.9 Å². The average Bonchev–Trinajstić information content (AvgIpc) is 2.95. The molecule has 0 atom stereocenters. The summed E-state index contributed by atoms with van der Waals surface area (Å²) in [7, 11) is 5.36. The number of aromatic nitrogens is 4. The molecule has 0 aliphatic carbocycles. The molecule has 1 N–H and O–H groups in total. The van der Waals surface area contributed by atoms with Gasteiger partial charge >= 0.3 is 0 Å². The predicted molar refractivity (Wildman–Crippen MR) is 92.9 cm³/mol. The number of halogens is 1. The number of hydrogen-bond acceptors (Lipinski definition) is 5. The fourth-order valence-electron chi connectivity index (χ4n) is 2.49. The lowest BCUT2D eigenvalue weighted by molar-refractivity contribution is 0.0780. The van der Waals surface area contributed by atoms with Crippen LogP contribution in [0.3, 0.4) is 0 Å². The Morgan fingerprint density at radius 2 is 2.00 bits per heavy atom. The summed E-state index contributed by atoms with van der Waals surface area (Å²) in [6.07, 6.45) is 1.53. The fraction of sp³-hybridized carbons (Fsp3) is 0.294.